The van der Waals surface area contributed by atoms with E-state index in [1.165, 1.54) is 21.3 Å². The Morgan fingerprint density at radius 2 is 1.76 bits per heavy atom. The highest BCUT2D eigenvalue weighted by Gasteiger charge is 2.30. The largest absolute Gasteiger partial charge is 0.456 e. The topological polar surface area (TPSA) is 123 Å². The number of hydrogen-bond donors (Lipinski definition) is 0. The number of rotatable bonds is 8. The van der Waals surface area contributed by atoms with Crippen molar-refractivity contribution in [1.29, 1.82) is 0 Å². The van der Waals surface area contributed by atoms with Crippen molar-refractivity contribution in [1.82, 2.24) is 19.3 Å². The fraction of sp³-hybridized carbons (Fsp3) is 0.545. The van der Waals surface area contributed by atoms with E-state index < -0.39 is 28.4 Å². The van der Waals surface area contributed by atoms with E-state index in [1.54, 1.807) is 0 Å². The summed E-state index contributed by atoms with van der Waals surface area (Å²) in [6, 6.07) is 4.60. The molecule has 186 valence electrons. The van der Waals surface area contributed by atoms with E-state index in [-0.39, 0.29) is 48.8 Å². The lowest BCUT2D eigenvalue weighted by molar-refractivity contribution is -0.152. The molecule has 0 N–H and O–H groups in total. The van der Waals surface area contributed by atoms with Gasteiger partial charge >= 0.3 is 5.97 Å². The summed E-state index contributed by atoms with van der Waals surface area (Å²) in [5.74, 6) is -0.378. The highest BCUT2D eigenvalue weighted by Crippen LogP contribution is 2.20. The molecule has 3 rings (SSSR count). The fourth-order valence-corrected chi connectivity index (χ4v) is 4.71. The molecule has 0 bridgehead atoms. The Bertz CT molecular complexity index is 1100. The summed E-state index contributed by atoms with van der Waals surface area (Å²) < 4.78 is 49.9. The van der Waals surface area contributed by atoms with Gasteiger partial charge in [0.05, 0.1) is 4.90 Å². The molecule has 0 atom stereocenters. The fourth-order valence-electron chi connectivity index (χ4n) is 3.28. The normalized spacial score (nSPS) is 15.4. The zero-order valence-electron chi connectivity index (χ0n) is 19.5. The molecule has 1 fully saturated rings. The van der Waals surface area contributed by atoms with Gasteiger partial charge in [0.25, 0.3) is 5.91 Å². The van der Waals surface area contributed by atoms with Crippen LogP contribution in [0.4, 0.5) is 4.39 Å². The van der Waals surface area contributed by atoms with E-state index in [2.05, 4.69) is 10.1 Å². The third-order valence-electron chi connectivity index (χ3n) is 5.31. The lowest BCUT2D eigenvalue weighted by Crippen LogP contribution is -2.51. The van der Waals surface area contributed by atoms with Crippen LogP contribution in [0.3, 0.4) is 0 Å². The Balaban J connectivity index is 1.38. The van der Waals surface area contributed by atoms with Crippen LogP contribution in [0.25, 0.3) is 0 Å². The van der Waals surface area contributed by atoms with E-state index in [0.717, 1.165) is 12.1 Å². The number of carbonyl (C=O) groups excluding carboxylic acids is 2. The molecule has 10 nitrogen and oxygen atoms in total. The number of halogens is 1. The van der Waals surface area contributed by atoms with Crippen LogP contribution in [0.2, 0.25) is 0 Å². The van der Waals surface area contributed by atoms with Gasteiger partial charge in [-0.2, -0.15) is 9.29 Å². The van der Waals surface area contributed by atoms with Crippen molar-refractivity contribution in [3.05, 3.63) is 41.8 Å². The van der Waals surface area contributed by atoms with Gasteiger partial charge in [-0.1, -0.05) is 25.9 Å². The Morgan fingerprint density at radius 1 is 1.12 bits per heavy atom. The van der Waals surface area contributed by atoms with Crippen molar-refractivity contribution >= 4 is 21.9 Å². The minimum atomic E-state index is -3.77. The minimum Gasteiger partial charge on any atom is -0.456 e. The number of hydrogen-bond acceptors (Lipinski definition) is 8. The van der Waals surface area contributed by atoms with Crippen molar-refractivity contribution in [2.24, 2.45) is 0 Å². The highest BCUT2D eigenvalue weighted by atomic mass is 32.2. The maximum absolute atomic E-state index is 13.1. The molecule has 2 aromatic rings. The smallest absolute Gasteiger partial charge is 0.306 e. The van der Waals surface area contributed by atoms with Crippen molar-refractivity contribution in [2.45, 2.75) is 50.3 Å². The van der Waals surface area contributed by atoms with Gasteiger partial charge in [0, 0.05) is 44.4 Å². The molecule has 1 saturated heterocycles. The molecular weight excluding hydrogens is 467 g/mol. The first-order chi connectivity index (χ1) is 16.0. The van der Waals surface area contributed by atoms with Crippen LogP contribution in [-0.2, 0) is 36.2 Å². The number of carbonyl (C=O) groups is 2. The molecule has 34 heavy (non-hydrogen) atoms. The minimum absolute atomic E-state index is 0.00207. The Hall–Kier alpha value is -2.86. The molecule has 1 aliphatic rings. The summed E-state index contributed by atoms with van der Waals surface area (Å²) in [6.07, 6.45) is 0.972. The van der Waals surface area contributed by atoms with E-state index in [1.807, 2.05) is 20.8 Å². The maximum Gasteiger partial charge on any atom is 0.306 e. The molecule has 0 saturated carbocycles. The third-order valence-corrected chi connectivity index (χ3v) is 7.22. The molecule has 0 spiro atoms. The quantitative estimate of drug-likeness (QED) is 0.508. The van der Waals surface area contributed by atoms with Crippen LogP contribution in [0.15, 0.2) is 33.7 Å². The molecule has 2 heterocycles. The van der Waals surface area contributed by atoms with Gasteiger partial charge in [0.1, 0.15) is 5.82 Å². The second-order valence-corrected chi connectivity index (χ2v) is 11.0. The van der Waals surface area contributed by atoms with Gasteiger partial charge in [-0.3, -0.25) is 9.59 Å². The summed E-state index contributed by atoms with van der Waals surface area (Å²) in [4.78, 5) is 30.1. The summed E-state index contributed by atoms with van der Waals surface area (Å²) in [5, 5.41) is 3.93. The van der Waals surface area contributed by atoms with Gasteiger partial charge in [-0.25, -0.2) is 12.8 Å². The monoisotopic (exact) mass is 496 g/mol. The van der Waals surface area contributed by atoms with Crippen LogP contribution in [0, 0.1) is 5.82 Å². The number of sulfonamides is 1. The lowest BCUT2D eigenvalue weighted by Gasteiger charge is -2.33. The van der Waals surface area contributed by atoms with Crippen molar-refractivity contribution in [3.63, 3.8) is 0 Å². The second kappa shape index (κ2) is 10.6. The van der Waals surface area contributed by atoms with Gasteiger partial charge < -0.3 is 14.2 Å². The standard InChI is InChI=1S/C22H29FN4O6S/c1-22(2,3)21-24-18(33-25-21)5-4-6-20(29)32-15-19(28)26-11-13-27(14-12-26)34(30,31)17-9-7-16(23)8-10-17/h7-10H,4-6,11-15H2,1-3H3. The molecule has 1 aliphatic heterocycles. The van der Waals surface area contributed by atoms with Gasteiger partial charge in [-0.15, -0.1) is 0 Å². The van der Waals surface area contributed by atoms with E-state index in [9.17, 15) is 22.4 Å². The van der Waals surface area contributed by atoms with Crippen LogP contribution in [0.1, 0.15) is 45.3 Å². The summed E-state index contributed by atoms with van der Waals surface area (Å²) in [7, 11) is -3.77. The van der Waals surface area contributed by atoms with Crippen LogP contribution in [0.5, 0.6) is 0 Å². The zero-order chi connectivity index (χ0) is 24.9. The number of benzene rings is 1. The van der Waals surface area contributed by atoms with Crippen molar-refractivity contribution < 1.29 is 31.7 Å². The van der Waals surface area contributed by atoms with Crippen LogP contribution in [-0.4, -0.2) is 72.4 Å². The van der Waals surface area contributed by atoms with Gasteiger partial charge in [0.2, 0.25) is 15.9 Å². The Morgan fingerprint density at radius 3 is 2.35 bits per heavy atom. The molecule has 1 aromatic carbocycles. The zero-order valence-corrected chi connectivity index (χ0v) is 20.3. The number of amides is 1. The number of aromatic nitrogens is 2. The second-order valence-electron chi connectivity index (χ2n) is 9.01. The molecule has 1 aromatic heterocycles. The molecule has 1 amide bonds. The summed E-state index contributed by atoms with van der Waals surface area (Å²) >= 11 is 0. The number of ether oxygens (including phenoxy) is 1. The van der Waals surface area contributed by atoms with Gasteiger partial charge in [0.15, 0.2) is 12.4 Å². The third kappa shape index (κ3) is 6.60. The number of aryl methyl sites for hydroxylation is 1. The first-order valence-corrected chi connectivity index (χ1v) is 12.4. The molecule has 0 radical (unpaired) electrons. The molecule has 12 heteroatoms. The van der Waals surface area contributed by atoms with E-state index >= 15 is 0 Å². The van der Waals surface area contributed by atoms with Crippen molar-refractivity contribution in [2.75, 3.05) is 32.8 Å². The average Bonchev–Trinajstić information content (AvgIpc) is 3.27. The molecular formula is C22H29FN4O6S. The maximum atomic E-state index is 13.1. The SMILES string of the molecule is CC(C)(C)c1noc(CCCC(=O)OCC(=O)N2CCN(S(=O)(=O)c3ccc(F)cc3)CC2)n1. The Kier molecular flexibility index (Phi) is 8.03. The Labute approximate surface area is 198 Å². The van der Waals surface area contributed by atoms with Gasteiger partial charge in [-0.05, 0) is 30.7 Å². The predicted molar refractivity (Wildman–Crippen MR) is 119 cm³/mol. The predicted octanol–water partition coefficient (Wildman–Crippen LogP) is 1.91. The van der Waals surface area contributed by atoms with E-state index in [4.69, 9.17) is 9.26 Å². The first kappa shape index (κ1) is 25.8. The molecule has 0 unspecified atom stereocenters. The van der Waals surface area contributed by atoms with Crippen LogP contribution >= 0.6 is 0 Å². The highest BCUT2D eigenvalue weighted by molar-refractivity contribution is 7.89. The van der Waals surface area contributed by atoms with E-state index in [0.29, 0.717) is 24.6 Å². The lowest BCUT2D eigenvalue weighted by atomic mass is 9.96. The summed E-state index contributed by atoms with van der Waals surface area (Å²) in [5.41, 5.74) is -0.225. The number of nitrogens with zero attached hydrogens (tertiary/aromatic N) is 4. The van der Waals surface area contributed by atoms with Crippen molar-refractivity contribution in [3.8, 4) is 0 Å². The number of esters is 1. The van der Waals surface area contributed by atoms with Crippen LogP contribution < -0.4 is 0 Å². The molecule has 0 aliphatic carbocycles. The first-order valence-electron chi connectivity index (χ1n) is 11.0. The number of piperazine rings is 1. The average molecular weight is 497 g/mol. The summed E-state index contributed by atoms with van der Waals surface area (Å²) in [6.45, 7) is 6.05.